The molecule has 4 aliphatic rings. The molecule has 10 heteroatoms. The number of allylic oxidation sites excluding steroid dienone is 6. The number of hydrogen-bond donors (Lipinski definition) is 3. The molecule has 1 unspecified atom stereocenters. The first-order valence-electron chi connectivity index (χ1n) is 14.0. The molecule has 2 saturated heterocycles. The fourth-order valence-corrected chi connectivity index (χ4v) is 7.22. The summed E-state index contributed by atoms with van der Waals surface area (Å²) in [5.41, 5.74) is 10.6. The Hall–Kier alpha value is -3.18. The van der Waals surface area contributed by atoms with Crippen molar-refractivity contribution in [1.29, 1.82) is 0 Å². The minimum absolute atomic E-state index is 0.0508. The van der Waals surface area contributed by atoms with Crippen LogP contribution in [-0.2, 0) is 14.8 Å². The first kappa shape index (κ1) is 28.4. The molecule has 2 fully saturated rings. The number of sulfonamides is 1. The van der Waals surface area contributed by atoms with Crippen molar-refractivity contribution in [2.45, 2.75) is 24.2 Å². The Morgan fingerprint density at radius 2 is 1.77 bits per heavy atom. The fraction of sp³-hybridized carbons (Fsp3) is 0.433. The van der Waals surface area contributed by atoms with E-state index in [0.717, 1.165) is 23.3 Å². The standard InChI is InChI=1S/C30H39N5O4S/c1-33(2)26-7-9-27(10-8-26)40(38,39)35-17-13-23(14-18-35)24-11-15-31-32-28-6-4-3-5-25(19-24)29(28)30(37)34-16-12-22(20-34)21-36/h3-11,19,22-23,31-32,36H,12-18,20-21H2,1-2H3/b24-11-,25-19+. The highest BCUT2D eigenvalue weighted by Gasteiger charge is 2.33. The Labute approximate surface area is 237 Å². The quantitative estimate of drug-likeness (QED) is 0.486. The van der Waals surface area contributed by atoms with Gasteiger partial charge in [-0.05, 0) is 66.7 Å². The predicted octanol–water partition coefficient (Wildman–Crippen LogP) is 2.33. The minimum Gasteiger partial charge on any atom is -0.396 e. The molecule has 214 valence electrons. The average Bonchev–Trinajstić information content (AvgIpc) is 3.39. The van der Waals surface area contributed by atoms with Crippen LogP contribution in [0.1, 0.15) is 19.3 Å². The molecule has 1 atom stereocenters. The van der Waals surface area contributed by atoms with Crippen LogP contribution in [0.25, 0.3) is 0 Å². The van der Waals surface area contributed by atoms with E-state index < -0.39 is 10.0 Å². The number of aliphatic hydroxyl groups is 1. The molecule has 3 aliphatic heterocycles. The lowest BCUT2D eigenvalue weighted by atomic mass is 9.87. The van der Waals surface area contributed by atoms with Gasteiger partial charge in [0.2, 0.25) is 10.0 Å². The number of fused-ring (bicyclic) bond motifs is 1. The Morgan fingerprint density at radius 1 is 1.05 bits per heavy atom. The van der Waals surface area contributed by atoms with E-state index in [0.29, 0.717) is 61.7 Å². The Morgan fingerprint density at radius 3 is 2.45 bits per heavy atom. The molecule has 1 aromatic rings. The number of benzene rings is 1. The summed E-state index contributed by atoms with van der Waals surface area (Å²) in [7, 11) is 0.286. The van der Waals surface area contributed by atoms with Crippen LogP contribution >= 0.6 is 0 Å². The van der Waals surface area contributed by atoms with Gasteiger partial charge in [-0.1, -0.05) is 30.4 Å². The second kappa shape index (κ2) is 12.1. The van der Waals surface area contributed by atoms with Gasteiger partial charge in [-0.3, -0.25) is 4.79 Å². The summed E-state index contributed by atoms with van der Waals surface area (Å²) in [4.78, 5) is 17.8. The van der Waals surface area contributed by atoms with Crippen LogP contribution < -0.4 is 15.8 Å². The second-order valence-corrected chi connectivity index (χ2v) is 12.9. The largest absolute Gasteiger partial charge is 0.396 e. The predicted molar refractivity (Wildman–Crippen MR) is 157 cm³/mol. The third-order valence-electron chi connectivity index (χ3n) is 8.15. The second-order valence-electron chi connectivity index (χ2n) is 11.0. The van der Waals surface area contributed by atoms with Crippen molar-refractivity contribution in [2.75, 3.05) is 58.3 Å². The van der Waals surface area contributed by atoms with Gasteiger partial charge in [0.1, 0.15) is 0 Å². The zero-order valence-electron chi connectivity index (χ0n) is 23.2. The SMILES string of the molecule is CN(C)c1ccc(S(=O)(=O)N2CCC(C3=C\CNNC4=C(C(=O)N5CCC(CO)C5)\C(=C\3)C=CC=C4)CC2)cc1. The molecular formula is C30H39N5O4S. The van der Waals surface area contributed by atoms with Gasteiger partial charge in [-0.2, -0.15) is 4.31 Å². The van der Waals surface area contributed by atoms with Crippen LogP contribution in [0.2, 0.25) is 0 Å². The zero-order valence-corrected chi connectivity index (χ0v) is 24.0. The number of nitrogens with zero attached hydrogens (tertiary/aromatic N) is 3. The van der Waals surface area contributed by atoms with Crippen molar-refractivity contribution in [3.8, 4) is 0 Å². The molecule has 0 spiro atoms. The first-order chi connectivity index (χ1) is 19.3. The van der Waals surface area contributed by atoms with E-state index in [1.54, 1.807) is 16.4 Å². The number of carbonyl (C=O) groups is 1. The zero-order chi connectivity index (χ0) is 28.3. The maximum atomic E-state index is 13.7. The van der Waals surface area contributed by atoms with Gasteiger partial charge in [0.25, 0.3) is 5.91 Å². The smallest absolute Gasteiger partial charge is 0.256 e. The topological polar surface area (TPSA) is 105 Å². The summed E-state index contributed by atoms with van der Waals surface area (Å²) >= 11 is 0. The van der Waals surface area contributed by atoms with Crippen molar-refractivity contribution in [3.05, 3.63) is 83.1 Å². The average molecular weight is 566 g/mol. The monoisotopic (exact) mass is 565 g/mol. The van der Waals surface area contributed by atoms with Crippen LogP contribution in [0.15, 0.2) is 88.0 Å². The number of hydrazine groups is 1. The Bertz CT molecular complexity index is 1370. The molecule has 3 N–H and O–H groups in total. The lowest BCUT2D eigenvalue weighted by Gasteiger charge is -2.32. The van der Waals surface area contributed by atoms with E-state index >= 15 is 0 Å². The summed E-state index contributed by atoms with van der Waals surface area (Å²) in [6, 6.07) is 7.02. The lowest BCUT2D eigenvalue weighted by Crippen LogP contribution is -2.38. The van der Waals surface area contributed by atoms with Crippen molar-refractivity contribution in [3.63, 3.8) is 0 Å². The highest BCUT2D eigenvalue weighted by atomic mass is 32.2. The van der Waals surface area contributed by atoms with Crippen LogP contribution in [0, 0.1) is 11.8 Å². The third kappa shape index (κ3) is 5.95. The minimum atomic E-state index is -3.57. The summed E-state index contributed by atoms with van der Waals surface area (Å²) in [5.74, 6) is 0.233. The Kier molecular flexibility index (Phi) is 8.60. The molecule has 3 heterocycles. The molecule has 0 saturated carbocycles. The highest BCUT2D eigenvalue weighted by molar-refractivity contribution is 7.89. The van der Waals surface area contributed by atoms with E-state index in [1.165, 1.54) is 0 Å². The number of likely N-dealkylation sites (tertiary alicyclic amines) is 1. The van der Waals surface area contributed by atoms with Gasteiger partial charge in [0, 0.05) is 65.0 Å². The molecule has 0 aromatic heterocycles. The normalized spacial score (nSPS) is 25.2. The molecule has 0 radical (unpaired) electrons. The van der Waals surface area contributed by atoms with Gasteiger partial charge in [0.15, 0.2) is 0 Å². The van der Waals surface area contributed by atoms with Crippen LogP contribution in [-0.4, -0.2) is 82.1 Å². The summed E-state index contributed by atoms with van der Waals surface area (Å²) in [6.07, 6.45) is 14.1. The maximum absolute atomic E-state index is 13.7. The first-order valence-corrected chi connectivity index (χ1v) is 15.4. The number of rotatable bonds is 6. The summed E-state index contributed by atoms with van der Waals surface area (Å²) < 4.78 is 28.3. The number of piperidine rings is 1. The van der Waals surface area contributed by atoms with Gasteiger partial charge in [-0.25, -0.2) is 13.8 Å². The van der Waals surface area contributed by atoms with Crippen molar-refractivity contribution < 1.29 is 18.3 Å². The molecule has 2 bridgehead atoms. The molecule has 1 aliphatic carbocycles. The molecule has 1 aromatic carbocycles. The van der Waals surface area contributed by atoms with Gasteiger partial charge in [0.05, 0.1) is 16.2 Å². The molecule has 40 heavy (non-hydrogen) atoms. The molecule has 5 rings (SSSR count). The number of aliphatic hydroxyl groups excluding tert-OH is 1. The van der Waals surface area contributed by atoms with E-state index in [2.05, 4.69) is 23.0 Å². The van der Waals surface area contributed by atoms with Crippen LogP contribution in [0.5, 0.6) is 0 Å². The van der Waals surface area contributed by atoms with E-state index in [4.69, 9.17) is 0 Å². The van der Waals surface area contributed by atoms with Crippen LogP contribution in [0.3, 0.4) is 0 Å². The number of hydrogen-bond acceptors (Lipinski definition) is 7. The van der Waals surface area contributed by atoms with Crippen molar-refractivity contribution >= 4 is 21.6 Å². The Balaban J connectivity index is 1.35. The third-order valence-corrected chi connectivity index (χ3v) is 10.1. The molecule has 1 amide bonds. The number of anilines is 1. The lowest BCUT2D eigenvalue weighted by molar-refractivity contribution is -0.126. The summed E-state index contributed by atoms with van der Waals surface area (Å²) in [6.45, 7) is 2.70. The summed E-state index contributed by atoms with van der Waals surface area (Å²) in [5, 5.41) is 9.59. The van der Waals surface area contributed by atoms with E-state index in [9.17, 15) is 18.3 Å². The number of amides is 1. The fourth-order valence-electron chi connectivity index (χ4n) is 5.75. The van der Waals surface area contributed by atoms with Crippen molar-refractivity contribution in [2.24, 2.45) is 11.8 Å². The van der Waals surface area contributed by atoms with Gasteiger partial charge < -0.3 is 20.3 Å². The van der Waals surface area contributed by atoms with Crippen LogP contribution in [0.4, 0.5) is 5.69 Å². The van der Waals surface area contributed by atoms with Gasteiger partial charge in [-0.15, -0.1) is 0 Å². The maximum Gasteiger partial charge on any atom is 0.256 e. The highest BCUT2D eigenvalue weighted by Crippen LogP contribution is 2.33. The van der Waals surface area contributed by atoms with Crippen molar-refractivity contribution in [1.82, 2.24) is 20.1 Å². The molecule has 9 nitrogen and oxygen atoms in total. The van der Waals surface area contributed by atoms with Gasteiger partial charge >= 0.3 is 0 Å². The number of carbonyl (C=O) groups excluding carboxylic acids is 1. The molecular weight excluding hydrogens is 526 g/mol. The number of nitrogens with one attached hydrogen (secondary N) is 2. The van der Waals surface area contributed by atoms with E-state index in [1.807, 2.05) is 60.3 Å². The van der Waals surface area contributed by atoms with E-state index in [-0.39, 0.29) is 24.3 Å².